The minimum atomic E-state index is -0.530. The lowest BCUT2D eigenvalue weighted by atomic mass is 10.3. The minimum absolute atomic E-state index is 0.137. The first-order valence-electron chi connectivity index (χ1n) is 6.98. The van der Waals surface area contributed by atoms with E-state index in [9.17, 15) is 9.59 Å². The Morgan fingerprint density at radius 3 is 2.87 bits per heavy atom. The van der Waals surface area contributed by atoms with E-state index in [0.29, 0.717) is 17.2 Å². The largest absolute Gasteiger partial charge is 0.451 e. The minimum Gasteiger partial charge on any atom is -0.451 e. The Labute approximate surface area is 142 Å². The van der Waals surface area contributed by atoms with Crippen LogP contribution in [0.4, 0.5) is 0 Å². The van der Waals surface area contributed by atoms with Crippen LogP contribution in [0.15, 0.2) is 17.5 Å². The smallest absolute Gasteiger partial charge is 0.350 e. The van der Waals surface area contributed by atoms with E-state index >= 15 is 0 Å². The third kappa shape index (κ3) is 4.85. The number of nitrogens with zero attached hydrogens (tertiary/aromatic N) is 1. The molecule has 0 aliphatic carbocycles. The van der Waals surface area contributed by atoms with Crippen LogP contribution in [-0.4, -0.2) is 43.2 Å². The number of amides is 1. The van der Waals surface area contributed by atoms with Crippen molar-refractivity contribution >= 4 is 34.6 Å². The van der Waals surface area contributed by atoms with Crippen LogP contribution in [0.3, 0.4) is 0 Å². The fourth-order valence-electron chi connectivity index (χ4n) is 1.90. The third-order valence-corrected chi connectivity index (χ3v) is 5.05. The molecular weight excluding hydrogens is 336 g/mol. The van der Waals surface area contributed by atoms with Gasteiger partial charge in [0.25, 0.3) is 5.91 Å². The first-order valence-corrected chi connectivity index (χ1v) is 8.67. The molecule has 1 N–H and O–H groups in total. The molecule has 8 heteroatoms. The topological polar surface area (TPSA) is 77.5 Å². The highest BCUT2D eigenvalue weighted by Gasteiger charge is 2.19. The monoisotopic (exact) mass is 354 g/mol. The average Bonchev–Trinajstić information content (AvgIpc) is 3.14. The van der Waals surface area contributed by atoms with Crippen molar-refractivity contribution < 1.29 is 19.1 Å². The predicted molar refractivity (Wildman–Crippen MR) is 89.9 cm³/mol. The highest BCUT2D eigenvalue weighted by Crippen LogP contribution is 2.31. The number of nitrogens with one attached hydrogen (secondary N) is 1. The number of methoxy groups -OCH3 is 1. The summed E-state index contributed by atoms with van der Waals surface area (Å²) < 4.78 is 9.99. The second-order valence-electron chi connectivity index (χ2n) is 4.91. The summed E-state index contributed by atoms with van der Waals surface area (Å²) in [6.07, 6.45) is 0. The molecule has 0 saturated carbocycles. The number of aryl methyl sites for hydroxylation is 1. The van der Waals surface area contributed by atoms with Crippen LogP contribution >= 0.6 is 22.7 Å². The van der Waals surface area contributed by atoms with Gasteiger partial charge in [-0.1, -0.05) is 6.07 Å². The molecule has 0 fully saturated rings. The zero-order valence-electron chi connectivity index (χ0n) is 13.1. The number of ether oxygens (including phenoxy) is 2. The van der Waals surface area contributed by atoms with Crippen LogP contribution in [0, 0.1) is 6.92 Å². The maximum absolute atomic E-state index is 12.1. The van der Waals surface area contributed by atoms with E-state index < -0.39 is 5.97 Å². The zero-order chi connectivity index (χ0) is 16.8. The van der Waals surface area contributed by atoms with Crippen LogP contribution in [0.5, 0.6) is 0 Å². The van der Waals surface area contributed by atoms with Gasteiger partial charge in [0, 0.05) is 13.2 Å². The van der Waals surface area contributed by atoms with E-state index in [1.807, 2.05) is 24.4 Å². The highest BCUT2D eigenvalue weighted by atomic mass is 32.1. The van der Waals surface area contributed by atoms with Gasteiger partial charge in [0.05, 0.1) is 17.2 Å². The number of carbonyl (C=O) groups is 2. The van der Waals surface area contributed by atoms with Crippen LogP contribution in [0.1, 0.15) is 22.3 Å². The van der Waals surface area contributed by atoms with Crippen LogP contribution < -0.4 is 5.32 Å². The number of aromatic nitrogens is 1. The number of hydrogen-bond donors (Lipinski definition) is 1. The Kier molecular flexibility index (Phi) is 6.26. The Bertz CT molecular complexity index is 667. The molecule has 1 amide bonds. The molecule has 0 aliphatic heterocycles. The number of thiazole rings is 1. The fourth-order valence-corrected chi connectivity index (χ4v) is 3.65. The first kappa shape index (κ1) is 17.6. The van der Waals surface area contributed by atoms with Gasteiger partial charge in [-0.15, -0.1) is 22.7 Å². The summed E-state index contributed by atoms with van der Waals surface area (Å²) in [5.41, 5.74) is 0.608. The van der Waals surface area contributed by atoms with Gasteiger partial charge in [-0.3, -0.25) is 4.79 Å². The van der Waals surface area contributed by atoms with E-state index in [0.717, 1.165) is 9.88 Å². The van der Waals surface area contributed by atoms with Gasteiger partial charge in [0.2, 0.25) is 0 Å². The van der Waals surface area contributed by atoms with Crippen LogP contribution in [0.2, 0.25) is 0 Å². The number of hydrogen-bond acceptors (Lipinski definition) is 7. The molecule has 0 bridgehead atoms. The second-order valence-corrected chi connectivity index (χ2v) is 6.86. The molecule has 2 aromatic heterocycles. The molecule has 6 nitrogen and oxygen atoms in total. The van der Waals surface area contributed by atoms with Crippen molar-refractivity contribution in [3.05, 3.63) is 28.1 Å². The SMILES string of the molecule is COCC(C)NC(=O)COC(=O)c1sc(-c2cccs2)nc1C. The molecule has 124 valence electrons. The number of esters is 1. The maximum Gasteiger partial charge on any atom is 0.350 e. The van der Waals surface area contributed by atoms with Crippen molar-refractivity contribution in [3.8, 4) is 9.88 Å². The van der Waals surface area contributed by atoms with Gasteiger partial charge in [0.1, 0.15) is 9.88 Å². The molecule has 0 saturated heterocycles. The Morgan fingerprint density at radius 2 is 2.22 bits per heavy atom. The zero-order valence-corrected chi connectivity index (χ0v) is 14.8. The molecule has 0 spiro atoms. The predicted octanol–water partition coefficient (Wildman–Crippen LogP) is 2.49. The summed E-state index contributed by atoms with van der Waals surface area (Å²) in [6, 6.07) is 3.74. The summed E-state index contributed by atoms with van der Waals surface area (Å²) in [5, 5.41) is 5.41. The van der Waals surface area contributed by atoms with Crippen molar-refractivity contribution in [2.24, 2.45) is 0 Å². The van der Waals surface area contributed by atoms with Gasteiger partial charge in [0.15, 0.2) is 6.61 Å². The maximum atomic E-state index is 12.1. The average molecular weight is 354 g/mol. The molecule has 2 rings (SSSR count). The molecule has 0 aromatic carbocycles. The van der Waals surface area contributed by atoms with Gasteiger partial charge in [-0.2, -0.15) is 0 Å². The molecule has 1 unspecified atom stereocenters. The van der Waals surface area contributed by atoms with Gasteiger partial charge < -0.3 is 14.8 Å². The Balaban J connectivity index is 1.92. The third-order valence-electron chi connectivity index (χ3n) is 2.87. The van der Waals surface area contributed by atoms with E-state index in [4.69, 9.17) is 9.47 Å². The summed E-state index contributed by atoms with van der Waals surface area (Å²) in [5.74, 6) is -0.888. The van der Waals surface area contributed by atoms with E-state index in [2.05, 4.69) is 10.3 Å². The second kappa shape index (κ2) is 8.19. The molecule has 2 aromatic rings. The first-order chi connectivity index (χ1) is 11.0. The Morgan fingerprint density at radius 1 is 1.43 bits per heavy atom. The van der Waals surface area contributed by atoms with Crippen molar-refractivity contribution in [3.63, 3.8) is 0 Å². The van der Waals surface area contributed by atoms with E-state index in [1.54, 1.807) is 25.4 Å². The van der Waals surface area contributed by atoms with Crippen molar-refractivity contribution in [2.45, 2.75) is 19.9 Å². The van der Waals surface area contributed by atoms with Gasteiger partial charge in [-0.05, 0) is 25.3 Å². The summed E-state index contributed by atoms with van der Waals surface area (Å²) >= 11 is 2.83. The van der Waals surface area contributed by atoms with E-state index in [-0.39, 0.29) is 18.6 Å². The Hall–Kier alpha value is -1.77. The fraction of sp³-hybridized carbons (Fsp3) is 0.400. The van der Waals surface area contributed by atoms with Crippen molar-refractivity contribution in [1.29, 1.82) is 0 Å². The van der Waals surface area contributed by atoms with Crippen LogP contribution in [0.25, 0.3) is 9.88 Å². The molecular formula is C15H18N2O4S2. The van der Waals surface area contributed by atoms with E-state index in [1.165, 1.54) is 11.3 Å². The number of carbonyl (C=O) groups excluding carboxylic acids is 2. The van der Waals surface area contributed by atoms with Crippen LogP contribution in [-0.2, 0) is 14.3 Å². The van der Waals surface area contributed by atoms with Gasteiger partial charge in [-0.25, -0.2) is 9.78 Å². The van der Waals surface area contributed by atoms with Crippen molar-refractivity contribution in [2.75, 3.05) is 20.3 Å². The summed E-state index contributed by atoms with van der Waals surface area (Å²) in [6.45, 7) is 3.64. The molecule has 1 atom stereocenters. The van der Waals surface area contributed by atoms with Gasteiger partial charge >= 0.3 is 5.97 Å². The molecule has 0 aliphatic rings. The normalized spacial score (nSPS) is 12.0. The highest BCUT2D eigenvalue weighted by molar-refractivity contribution is 7.22. The molecule has 0 radical (unpaired) electrons. The van der Waals surface area contributed by atoms with Crippen molar-refractivity contribution in [1.82, 2.24) is 10.3 Å². The standard InChI is InChI=1S/C15H18N2O4S2/c1-9(7-20-3)16-12(18)8-21-15(19)13-10(2)17-14(23-13)11-5-4-6-22-11/h4-6,9H,7-8H2,1-3H3,(H,16,18). The number of thiophene rings is 1. The lowest BCUT2D eigenvalue weighted by Gasteiger charge is -2.12. The lowest BCUT2D eigenvalue weighted by molar-refractivity contribution is -0.125. The molecule has 2 heterocycles. The lowest BCUT2D eigenvalue weighted by Crippen LogP contribution is -2.38. The quantitative estimate of drug-likeness (QED) is 0.773. The molecule has 23 heavy (non-hydrogen) atoms. The number of rotatable bonds is 7. The summed E-state index contributed by atoms with van der Waals surface area (Å²) in [4.78, 5) is 29.6. The summed E-state index contributed by atoms with van der Waals surface area (Å²) in [7, 11) is 1.56.